The Morgan fingerprint density at radius 2 is 1.74 bits per heavy atom. The molecule has 0 aliphatic carbocycles. The summed E-state index contributed by atoms with van der Waals surface area (Å²) in [6, 6.07) is 6.41. The smallest absolute Gasteiger partial charge is 0.251 e. The molecule has 0 unspecified atom stereocenters. The molecule has 0 aliphatic rings. The number of rotatable bonds is 4. The standard InChI is InChI=1S/C12H14ClN3O3/c1-8(17)15-16-11(18)6-7-14-12(19)9-2-4-10(13)5-3-9/h2-5H,6-7H2,1H3,(H,14,19)(H,15,17)(H,16,18). The molecule has 0 radical (unpaired) electrons. The molecule has 102 valence electrons. The molecule has 1 aromatic carbocycles. The fraction of sp³-hybridized carbons (Fsp3) is 0.250. The van der Waals surface area contributed by atoms with Gasteiger partial charge in [0, 0.05) is 30.5 Å². The molecule has 19 heavy (non-hydrogen) atoms. The van der Waals surface area contributed by atoms with E-state index in [0.29, 0.717) is 10.6 Å². The number of halogens is 1. The van der Waals surface area contributed by atoms with Crippen LogP contribution in [0.4, 0.5) is 0 Å². The van der Waals surface area contributed by atoms with E-state index >= 15 is 0 Å². The number of carbonyl (C=O) groups excluding carboxylic acids is 3. The van der Waals surface area contributed by atoms with Crippen LogP contribution in [-0.4, -0.2) is 24.3 Å². The van der Waals surface area contributed by atoms with Crippen molar-refractivity contribution in [2.45, 2.75) is 13.3 Å². The number of hydrogen-bond donors (Lipinski definition) is 3. The third-order valence-electron chi connectivity index (χ3n) is 2.12. The zero-order valence-electron chi connectivity index (χ0n) is 10.3. The topological polar surface area (TPSA) is 87.3 Å². The second-order valence-corrected chi connectivity index (χ2v) is 4.18. The lowest BCUT2D eigenvalue weighted by Crippen LogP contribution is -2.41. The summed E-state index contributed by atoms with van der Waals surface area (Å²) in [5, 5.41) is 3.13. The maximum absolute atomic E-state index is 11.6. The first kappa shape index (κ1) is 15.0. The Hall–Kier alpha value is -2.08. The van der Waals surface area contributed by atoms with Gasteiger partial charge in [-0.3, -0.25) is 25.2 Å². The van der Waals surface area contributed by atoms with Crippen LogP contribution in [0.1, 0.15) is 23.7 Å². The minimum Gasteiger partial charge on any atom is -0.352 e. The maximum Gasteiger partial charge on any atom is 0.251 e. The van der Waals surface area contributed by atoms with Crippen molar-refractivity contribution < 1.29 is 14.4 Å². The van der Waals surface area contributed by atoms with Crippen molar-refractivity contribution >= 4 is 29.3 Å². The molecule has 0 bridgehead atoms. The van der Waals surface area contributed by atoms with Crippen molar-refractivity contribution in [3.63, 3.8) is 0 Å². The normalized spacial score (nSPS) is 9.58. The van der Waals surface area contributed by atoms with E-state index in [9.17, 15) is 14.4 Å². The van der Waals surface area contributed by atoms with Crippen molar-refractivity contribution in [1.82, 2.24) is 16.2 Å². The van der Waals surface area contributed by atoms with Crippen molar-refractivity contribution in [1.29, 1.82) is 0 Å². The molecular formula is C12H14ClN3O3. The fourth-order valence-corrected chi connectivity index (χ4v) is 1.34. The van der Waals surface area contributed by atoms with Crippen molar-refractivity contribution in [3.05, 3.63) is 34.9 Å². The van der Waals surface area contributed by atoms with Crippen LogP contribution in [0.3, 0.4) is 0 Å². The molecule has 3 N–H and O–H groups in total. The first-order chi connectivity index (χ1) is 8.99. The van der Waals surface area contributed by atoms with Gasteiger partial charge in [0.2, 0.25) is 11.8 Å². The predicted octanol–water partition coefficient (Wildman–Crippen LogP) is 0.627. The van der Waals surface area contributed by atoms with Gasteiger partial charge in [-0.2, -0.15) is 0 Å². The highest BCUT2D eigenvalue weighted by Gasteiger charge is 2.06. The number of carbonyl (C=O) groups is 3. The molecule has 0 atom stereocenters. The third-order valence-corrected chi connectivity index (χ3v) is 2.37. The van der Waals surface area contributed by atoms with Gasteiger partial charge in [0.15, 0.2) is 0 Å². The van der Waals surface area contributed by atoms with Crippen LogP contribution in [0.15, 0.2) is 24.3 Å². The summed E-state index contributed by atoms with van der Waals surface area (Å²) in [6.07, 6.45) is 0.0691. The maximum atomic E-state index is 11.6. The number of hydrazine groups is 1. The summed E-state index contributed by atoms with van der Waals surface area (Å²) in [7, 11) is 0. The first-order valence-electron chi connectivity index (χ1n) is 5.58. The van der Waals surface area contributed by atoms with Crippen LogP contribution < -0.4 is 16.2 Å². The lowest BCUT2D eigenvalue weighted by atomic mass is 10.2. The number of benzene rings is 1. The Morgan fingerprint density at radius 1 is 1.11 bits per heavy atom. The quantitative estimate of drug-likeness (QED) is 0.708. The fourth-order valence-electron chi connectivity index (χ4n) is 1.21. The zero-order valence-corrected chi connectivity index (χ0v) is 11.1. The van der Waals surface area contributed by atoms with E-state index in [0.717, 1.165) is 0 Å². The Morgan fingerprint density at radius 3 is 2.32 bits per heavy atom. The Bertz CT molecular complexity index is 474. The van der Waals surface area contributed by atoms with Crippen molar-refractivity contribution in [3.8, 4) is 0 Å². The summed E-state index contributed by atoms with van der Waals surface area (Å²) >= 11 is 5.70. The Kier molecular flexibility index (Phi) is 5.81. The van der Waals surface area contributed by atoms with Gasteiger partial charge in [-0.25, -0.2) is 0 Å². The van der Waals surface area contributed by atoms with Gasteiger partial charge in [-0.05, 0) is 24.3 Å². The van der Waals surface area contributed by atoms with E-state index in [4.69, 9.17) is 11.6 Å². The molecular weight excluding hydrogens is 270 g/mol. The van der Waals surface area contributed by atoms with Gasteiger partial charge in [0.25, 0.3) is 5.91 Å². The van der Waals surface area contributed by atoms with E-state index in [1.807, 2.05) is 0 Å². The predicted molar refractivity (Wildman–Crippen MR) is 70.4 cm³/mol. The van der Waals surface area contributed by atoms with Crippen LogP contribution in [0.25, 0.3) is 0 Å². The highest BCUT2D eigenvalue weighted by Crippen LogP contribution is 2.09. The largest absolute Gasteiger partial charge is 0.352 e. The number of hydrogen-bond acceptors (Lipinski definition) is 3. The number of amides is 3. The van der Waals surface area contributed by atoms with E-state index in [1.54, 1.807) is 24.3 Å². The van der Waals surface area contributed by atoms with Gasteiger partial charge in [0.05, 0.1) is 0 Å². The van der Waals surface area contributed by atoms with Gasteiger partial charge >= 0.3 is 0 Å². The summed E-state index contributed by atoms with van der Waals surface area (Å²) in [6.45, 7) is 1.45. The zero-order chi connectivity index (χ0) is 14.3. The highest BCUT2D eigenvalue weighted by molar-refractivity contribution is 6.30. The minimum atomic E-state index is -0.383. The molecule has 0 fully saturated rings. The molecule has 3 amide bonds. The molecule has 0 spiro atoms. The third kappa shape index (κ3) is 5.87. The number of nitrogens with one attached hydrogen (secondary N) is 3. The molecule has 1 rings (SSSR count). The molecule has 0 aromatic heterocycles. The summed E-state index contributed by atoms with van der Waals surface area (Å²) in [5.41, 5.74) is 4.82. The second-order valence-electron chi connectivity index (χ2n) is 3.74. The Labute approximate surface area is 115 Å². The van der Waals surface area contributed by atoms with E-state index in [2.05, 4.69) is 16.2 Å². The molecule has 7 heteroatoms. The molecule has 1 aromatic rings. The Balaban J connectivity index is 2.29. The van der Waals surface area contributed by atoms with Crippen LogP contribution in [0, 0.1) is 0 Å². The summed E-state index contributed by atoms with van der Waals surface area (Å²) < 4.78 is 0. The average Bonchev–Trinajstić information content (AvgIpc) is 2.37. The monoisotopic (exact) mass is 283 g/mol. The molecule has 6 nitrogen and oxygen atoms in total. The highest BCUT2D eigenvalue weighted by atomic mass is 35.5. The van der Waals surface area contributed by atoms with Crippen molar-refractivity contribution in [2.75, 3.05) is 6.54 Å². The molecule has 0 heterocycles. The van der Waals surface area contributed by atoms with Crippen LogP contribution in [0.5, 0.6) is 0 Å². The van der Waals surface area contributed by atoms with Crippen molar-refractivity contribution in [2.24, 2.45) is 0 Å². The molecule has 0 aliphatic heterocycles. The minimum absolute atomic E-state index is 0.0691. The lowest BCUT2D eigenvalue weighted by Gasteiger charge is -2.06. The van der Waals surface area contributed by atoms with E-state index in [-0.39, 0.29) is 30.7 Å². The average molecular weight is 284 g/mol. The van der Waals surface area contributed by atoms with Gasteiger partial charge in [0.1, 0.15) is 0 Å². The van der Waals surface area contributed by atoms with Crippen LogP contribution in [-0.2, 0) is 9.59 Å². The van der Waals surface area contributed by atoms with Crippen LogP contribution in [0.2, 0.25) is 5.02 Å². The second kappa shape index (κ2) is 7.38. The molecule has 0 saturated carbocycles. The lowest BCUT2D eigenvalue weighted by molar-refractivity contribution is -0.127. The first-order valence-corrected chi connectivity index (χ1v) is 5.96. The SMILES string of the molecule is CC(=O)NNC(=O)CCNC(=O)c1ccc(Cl)cc1. The van der Waals surface area contributed by atoms with Gasteiger partial charge < -0.3 is 5.32 Å². The summed E-state index contributed by atoms with van der Waals surface area (Å²) in [5.74, 6) is -1.03. The molecule has 0 saturated heterocycles. The summed E-state index contributed by atoms with van der Waals surface area (Å²) in [4.78, 5) is 33.4. The van der Waals surface area contributed by atoms with E-state index in [1.165, 1.54) is 6.92 Å². The van der Waals surface area contributed by atoms with E-state index < -0.39 is 0 Å². The van der Waals surface area contributed by atoms with Crippen LogP contribution >= 0.6 is 11.6 Å². The van der Waals surface area contributed by atoms with Gasteiger partial charge in [-0.15, -0.1) is 0 Å². The van der Waals surface area contributed by atoms with Gasteiger partial charge in [-0.1, -0.05) is 11.6 Å².